The highest BCUT2D eigenvalue weighted by atomic mass is 32.1. The van der Waals surface area contributed by atoms with E-state index < -0.39 is 0 Å². The Bertz CT molecular complexity index is 443. The number of aromatic amines is 1. The van der Waals surface area contributed by atoms with E-state index in [0.717, 1.165) is 17.1 Å². The lowest BCUT2D eigenvalue weighted by atomic mass is 9.85. The largest absolute Gasteiger partial charge is 0.330 e. The van der Waals surface area contributed by atoms with Crippen molar-refractivity contribution in [2.24, 2.45) is 5.73 Å². The highest BCUT2D eigenvalue weighted by molar-refractivity contribution is 7.13. The Hall–Kier alpha value is -1.27. The van der Waals surface area contributed by atoms with Gasteiger partial charge in [0.25, 0.3) is 0 Å². The van der Waals surface area contributed by atoms with E-state index in [0.29, 0.717) is 12.4 Å². The minimum Gasteiger partial charge on any atom is -0.330 e. The molecule has 0 amide bonds. The predicted molar refractivity (Wildman–Crippen MR) is 64.2 cm³/mol. The lowest BCUT2D eigenvalue weighted by Gasteiger charge is -2.23. The second-order valence-corrected chi connectivity index (χ2v) is 4.85. The molecule has 0 aliphatic carbocycles. The number of nitrogens with one attached hydrogen (secondary N) is 1. The number of rotatable bonds is 4. The van der Waals surface area contributed by atoms with Gasteiger partial charge >= 0.3 is 0 Å². The second-order valence-electron chi connectivity index (χ2n) is 3.99. The van der Waals surface area contributed by atoms with E-state index in [-0.39, 0.29) is 5.41 Å². The highest BCUT2D eigenvalue weighted by Crippen LogP contribution is 2.30. The Morgan fingerprint density at radius 1 is 1.56 bits per heavy atom. The zero-order valence-corrected chi connectivity index (χ0v) is 10.2. The minimum atomic E-state index is -0.0469. The molecule has 16 heavy (non-hydrogen) atoms. The Kier molecular flexibility index (Phi) is 3.02. The summed E-state index contributed by atoms with van der Waals surface area (Å²) in [4.78, 5) is 8.65. The average molecular weight is 237 g/mol. The van der Waals surface area contributed by atoms with E-state index in [4.69, 9.17) is 5.73 Å². The van der Waals surface area contributed by atoms with Crippen molar-refractivity contribution in [3.8, 4) is 10.8 Å². The molecule has 5 nitrogen and oxygen atoms in total. The smallest absolute Gasteiger partial charge is 0.184 e. The van der Waals surface area contributed by atoms with Gasteiger partial charge in [-0.2, -0.15) is 5.10 Å². The Morgan fingerprint density at radius 2 is 2.38 bits per heavy atom. The molecule has 0 spiro atoms. The molecule has 0 bridgehead atoms. The fourth-order valence-corrected chi connectivity index (χ4v) is 2.32. The number of aromatic nitrogens is 4. The van der Waals surface area contributed by atoms with Gasteiger partial charge in [0.1, 0.15) is 6.33 Å². The third-order valence-electron chi connectivity index (χ3n) is 2.97. The number of nitrogens with two attached hydrogens (primary N) is 1. The van der Waals surface area contributed by atoms with Crippen LogP contribution in [0.15, 0.2) is 11.7 Å². The van der Waals surface area contributed by atoms with Gasteiger partial charge in [0.2, 0.25) is 0 Å². The van der Waals surface area contributed by atoms with Gasteiger partial charge in [-0.3, -0.25) is 5.10 Å². The Balaban J connectivity index is 2.33. The van der Waals surface area contributed by atoms with Crippen molar-refractivity contribution in [2.45, 2.75) is 25.7 Å². The van der Waals surface area contributed by atoms with Crippen LogP contribution in [0.3, 0.4) is 0 Å². The number of hydrogen-bond acceptors (Lipinski definition) is 5. The van der Waals surface area contributed by atoms with Crippen LogP contribution >= 0.6 is 11.3 Å². The molecule has 2 aromatic rings. The minimum absolute atomic E-state index is 0.0469. The number of thiazole rings is 1. The number of nitrogens with zero attached hydrogens (tertiary/aromatic N) is 3. The molecule has 0 saturated heterocycles. The van der Waals surface area contributed by atoms with Crippen LogP contribution in [0.1, 0.15) is 26.0 Å². The van der Waals surface area contributed by atoms with E-state index in [2.05, 4.69) is 34.0 Å². The fourth-order valence-electron chi connectivity index (χ4n) is 1.40. The van der Waals surface area contributed by atoms with Crippen LogP contribution in [-0.2, 0) is 5.41 Å². The molecule has 0 radical (unpaired) electrons. The van der Waals surface area contributed by atoms with Gasteiger partial charge in [-0.1, -0.05) is 13.8 Å². The van der Waals surface area contributed by atoms with Gasteiger partial charge in [-0.05, 0) is 6.42 Å². The van der Waals surface area contributed by atoms with Crippen LogP contribution in [0.2, 0.25) is 0 Å². The molecular formula is C10H15N5S. The molecule has 0 fully saturated rings. The van der Waals surface area contributed by atoms with Crippen molar-refractivity contribution in [3.05, 3.63) is 17.4 Å². The monoisotopic (exact) mass is 237 g/mol. The molecule has 0 saturated carbocycles. The molecule has 0 aliphatic heterocycles. The molecule has 1 unspecified atom stereocenters. The average Bonchev–Trinajstić information content (AvgIpc) is 2.97. The van der Waals surface area contributed by atoms with E-state index in [1.54, 1.807) is 11.3 Å². The molecule has 1 atom stereocenters. The van der Waals surface area contributed by atoms with Gasteiger partial charge in [-0.15, -0.1) is 11.3 Å². The van der Waals surface area contributed by atoms with Crippen molar-refractivity contribution >= 4 is 11.3 Å². The summed E-state index contributed by atoms with van der Waals surface area (Å²) >= 11 is 1.56. The van der Waals surface area contributed by atoms with Crippen LogP contribution in [0.25, 0.3) is 10.8 Å². The van der Waals surface area contributed by atoms with Gasteiger partial charge in [-0.25, -0.2) is 9.97 Å². The van der Waals surface area contributed by atoms with E-state index in [9.17, 15) is 0 Å². The molecular weight excluding hydrogens is 222 g/mol. The highest BCUT2D eigenvalue weighted by Gasteiger charge is 2.26. The SMILES string of the molecule is CCC(C)(CN)c1csc(-c2ncn[nH]2)n1. The topological polar surface area (TPSA) is 80.5 Å². The third-order valence-corrected chi connectivity index (χ3v) is 3.82. The molecule has 6 heteroatoms. The van der Waals surface area contributed by atoms with Crippen LogP contribution in [-0.4, -0.2) is 26.7 Å². The molecule has 0 aromatic carbocycles. The maximum Gasteiger partial charge on any atom is 0.184 e. The Morgan fingerprint density at radius 3 is 2.94 bits per heavy atom. The van der Waals surface area contributed by atoms with Crippen LogP contribution in [0, 0.1) is 0 Å². The predicted octanol–water partition coefficient (Wildman–Crippen LogP) is 1.55. The van der Waals surface area contributed by atoms with E-state index in [1.807, 2.05) is 5.38 Å². The molecule has 3 N–H and O–H groups in total. The maximum atomic E-state index is 5.81. The van der Waals surface area contributed by atoms with Crippen molar-refractivity contribution < 1.29 is 0 Å². The fraction of sp³-hybridized carbons (Fsp3) is 0.500. The van der Waals surface area contributed by atoms with Gasteiger partial charge < -0.3 is 5.73 Å². The van der Waals surface area contributed by atoms with Gasteiger partial charge in [0, 0.05) is 17.3 Å². The summed E-state index contributed by atoms with van der Waals surface area (Å²) in [5.41, 5.74) is 6.80. The van der Waals surface area contributed by atoms with Crippen LogP contribution in [0.4, 0.5) is 0 Å². The first-order valence-corrected chi connectivity index (χ1v) is 6.09. The number of hydrogen-bond donors (Lipinski definition) is 2. The third kappa shape index (κ3) is 1.85. The summed E-state index contributed by atoms with van der Waals surface area (Å²) in [6.07, 6.45) is 2.46. The van der Waals surface area contributed by atoms with Crippen molar-refractivity contribution in [2.75, 3.05) is 6.54 Å². The lowest BCUT2D eigenvalue weighted by molar-refractivity contribution is 0.456. The molecule has 86 valence electrons. The summed E-state index contributed by atoms with van der Waals surface area (Å²) in [6.45, 7) is 4.86. The standard InChI is InChI=1S/C10H15N5S/c1-3-10(2,5-11)7-4-16-9(14-7)8-12-6-13-15-8/h4,6H,3,5,11H2,1-2H3,(H,12,13,15). The first-order chi connectivity index (χ1) is 7.69. The first kappa shape index (κ1) is 11.2. The van der Waals surface area contributed by atoms with Crippen molar-refractivity contribution in [1.29, 1.82) is 0 Å². The zero-order chi connectivity index (χ0) is 11.6. The van der Waals surface area contributed by atoms with E-state index >= 15 is 0 Å². The van der Waals surface area contributed by atoms with Crippen molar-refractivity contribution in [3.63, 3.8) is 0 Å². The quantitative estimate of drug-likeness (QED) is 0.845. The van der Waals surface area contributed by atoms with Crippen LogP contribution < -0.4 is 5.73 Å². The summed E-state index contributed by atoms with van der Waals surface area (Å²) < 4.78 is 0. The van der Waals surface area contributed by atoms with Crippen molar-refractivity contribution in [1.82, 2.24) is 20.2 Å². The summed E-state index contributed by atoms with van der Waals surface area (Å²) in [6, 6.07) is 0. The molecule has 2 heterocycles. The molecule has 2 aromatic heterocycles. The Labute approximate surface area is 98.1 Å². The first-order valence-electron chi connectivity index (χ1n) is 5.21. The van der Waals surface area contributed by atoms with Crippen LogP contribution in [0.5, 0.6) is 0 Å². The molecule has 0 aliphatic rings. The lowest BCUT2D eigenvalue weighted by Crippen LogP contribution is -2.31. The molecule has 2 rings (SSSR count). The second kappa shape index (κ2) is 4.31. The summed E-state index contributed by atoms with van der Waals surface area (Å²) in [7, 11) is 0. The normalized spacial score (nSPS) is 14.9. The summed E-state index contributed by atoms with van der Waals surface area (Å²) in [5, 5.41) is 9.54. The van der Waals surface area contributed by atoms with Gasteiger partial charge in [0.05, 0.1) is 5.69 Å². The van der Waals surface area contributed by atoms with E-state index in [1.165, 1.54) is 6.33 Å². The maximum absolute atomic E-state index is 5.81. The number of H-pyrrole nitrogens is 1. The van der Waals surface area contributed by atoms with Gasteiger partial charge in [0.15, 0.2) is 10.8 Å². The summed E-state index contributed by atoms with van der Waals surface area (Å²) in [5.74, 6) is 0.715. The zero-order valence-electron chi connectivity index (χ0n) is 9.40.